The number of pyridine rings is 1. The molecule has 1 unspecified atom stereocenters. The Morgan fingerprint density at radius 1 is 1.42 bits per heavy atom. The van der Waals surface area contributed by atoms with E-state index in [4.69, 9.17) is 0 Å². The number of carbonyl (C=O) groups is 1. The average Bonchev–Trinajstić information content (AvgIpc) is 2.43. The molecule has 0 aromatic carbocycles. The normalized spacial score (nSPS) is 11.9. The third-order valence-corrected chi connectivity index (χ3v) is 3.63. The SMILES string of the molecule is CCCNc1cccc(C(=O)NC(C)CSCC)n1. The highest BCUT2D eigenvalue weighted by atomic mass is 32.2. The zero-order chi connectivity index (χ0) is 14.1. The van der Waals surface area contributed by atoms with Gasteiger partial charge in [0.2, 0.25) is 0 Å². The van der Waals surface area contributed by atoms with E-state index < -0.39 is 0 Å². The summed E-state index contributed by atoms with van der Waals surface area (Å²) in [5.41, 5.74) is 0.467. The third kappa shape index (κ3) is 5.96. The number of nitrogens with one attached hydrogen (secondary N) is 2. The smallest absolute Gasteiger partial charge is 0.270 e. The number of carbonyl (C=O) groups excluding carboxylic acids is 1. The summed E-state index contributed by atoms with van der Waals surface area (Å²) in [7, 11) is 0. The van der Waals surface area contributed by atoms with E-state index in [1.807, 2.05) is 30.8 Å². The molecule has 1 rings (SSSR count). The Balaban J connectivity index is 2.56. The predicted molar refractivity (Wildman–Crippen MR) is 82.9 cm³/mol. The molecule has 106 valence electrons. The maximum Gasteiger partial charge on any atom is 0.270 e. The van der Waals surface area contributed by atoms with Crippen LogP contribution < -0.4 is 10.6 Å². The van der Waals surface area contributed by atoms with Crippen LogP contribution in [0.15, 0.2) is 18.2 Å². The van der Waals surface area contributed by atoms with Crippen molar-refractivity contribution in [1.82, 2.24) is 10.3 Å². The van der Waals surface area contributed by atoms with E-state index in [-0.39, 0.29) is 11.9 Å². The molecule has 2 N–H and O–H groups in total. The van der Waals surface area contributed by atoms with E-state index in [9.17, 15) is 4.79 Å². The van der Waals surface area contributed by atoms with Crippen LogP contribution >= 0.6 is 11.8 Å². The van der Waals surface area contributed by atoms with Gasteiger partial charge < -0.3 is 10.6 Å². The second-order valence-electron chi connectivity index (χ2n) is 4.37. The number of rotatable bonds is 8. The van der Waals surface area contributed by atoms with Crippen LogP contribution in [-0.2, 0) is 0 Å². The molecular weight excluding hydrogens is 258 g/mol. The number of thioether (sulfide) groups is 1. The van der Waals surface area contributed by atoms with Crippen LogP contribution in [-0.4, -0.2) is 35.0 Å². The van der Waals surface area contributed by atoms with Gasteiger partial charge in [-0.15, -0.1) is 0 Å². The van der Waals surface area contributed by atoms with Gasteiger partial charge in [0.05, 0.1) is 0 Å². The Kier molecular flexibility index (Phi) is 7.33. The van der Waals surface area contributed by atoms with Crippen molar-refractivity contribution in [2.24, 2.45) is 0 Å². The molecule has 0 saturated carbocycles. The molecule has 1 atom stereocenters. The topological polar surface area (TPSA) is 54.0 Å². The molecular formula is C14H23N3OS. The van der Waals surface area contributed by atoms with Gasteiger partial charge in [0, 0.05) is 18.3 Å². The Bertz CT molecular complexity index is 398. The highest BCUT2D eigenvalue weighted by Crippen LogP contribution is 2.06. The molecule has 1 amide bonds. The minimum atomic E-state index is -0.107. The molecule has 0 aliphatic rings. The summed E-state index contributed by atoms with van der Waals surface area (Å²) < 4.78 is 0. The largest absolute Gasteiger partial charge is 0.370 e. The Labute approximate surface area is 119 Å². The maximum absolute atomic E-state index is 12.0. The van der Waals surface area contributed by atoms with Gasteiger partial charge in [-0.05, 0) is 31.2 Å². The van der Waals surface area contributed by atoms with Crippen molar-refractivity contribution in [3.63, 3.8) is 0 Å². The van der Waals surface area contributed by atoms with Gasteiger partial charge in [-0.2, -0.15) is 11.8 Å². The highest BCUT2D eigenvalue weighted by molar-refractivity contribution is 7.99. The lowest BCUT2D eigenvalue weighted by Crippen LogP contribution is -2.34. The second kappa shape index (κ2) is 8.80. The van der Waals surface area contributed by atoms with Gasteiger partial charge in [-0.3, -0.25) is 4.79 Å². The molecule has 19 heavy (non-hydrogen) atoms. The first-order valence-electron chi connectivity index (χ1n) is 6.76. The number of anilines is 1. The van der Waals surface area contributed by atoms with Gasteiger partial charge in [0.25, 0.3) is 5.91 Å². The monoisotopic (exact) mass is 281 g/mol. The fourth-order valence-electron chi connectivity index (χ4n) is 1.55. The number of amides is 1. The fraction of sp³-hybridized carbons (Fsp3) is 0.571. The lowest BCUT2D eigenvalue weighted by molar-refractivity contribution is 0.0939. The first-order chi connectivity index (χ1) is 9.17. The van der Waals surface area contributed by atoms with Crippen LogP contribution in [0.1, 0.15) is 37.7 Å². The van der Waals surface area contributed by atoms with Crippen LogP contribution in [0.2, 0.25) is 0 Å². The van der Waals surface area contributed by atoms with E-state index in [1.165, 1.54) is 0 Å². The van der Waals surface area contributed by atoms with E-state index in [0.29, 0.717) is 5.69 Å². The summed E-state index contributed by atoms with van der Waals surface area (Å²) in [6.07, 6.45) is 1.03. The van der Waals surface area contributed by atoms with Crippen LogP contribution in [0, 0.1) is 0 Å². The molecule has 0 radical (unpaired) electrons. The van der Waals surface area contributed by atoms with Crippen LogP contribution in [0.3, 0.4) is 0 Å². The quantitative estimate of drug-likeness (QED) is 0.769. The van der Waals surface area contributed by atoms with Crippen molar-refractivity contribution in [3.8, 4) is 0 Å². The summed E-state index contributed by atoms with van der Waals surface area (Å²) in [5.74, 6) is 2.64. The first kappa shape index (κ1) is 15.8. The Morgan fingerprint density at radius 2 is 2.21 bits per heavy atom. The minimum Gasteiger partial charge on any atom is -0.370 e. The van der Waals surface area contributed by atoms with Crippen molar-refractivity contribution < 1.29 is 4.79 Å². The van der Waals surface area contributed by atoms with E-state index >= 15 is 0 Å². The van der Waals surface area contributed by atoms with Crippen molar-refractivity contribution in [1.29, 1.82) is 0 Å². The third-order valence-electron chi connectivity index (χ3n) is 2.49. The van der Waals surface area contributed by atoms with Crippen LogP contribution in [0.25, 0.3) is 0 Å². The van der Waals surface area contributed by atoms with Gasteiger partial charge in [-0.25, -0.2) is 4.98 Å². The standard InChI is InChI=1S/C14H23N3OS/c1-4-9-15-13-8-6-7-12(17-13)14(18)16-11(3)10-19-5-2/h6-8,11H,4-5,9-10H2,1-3H3,(H,15,17)(H,16,18). The Morgan fingerprint density at radius 3 is 2.89 bits per heavy atom. The minimum absolute atomic E-state index is 0.107. The molecule has 4 nitrogen and oxygen atoms in total. The molecule has 1 aromatic rings. The first-order valence-corrected chi connectivity index (χ1v) is 7.92. The van der Waals surface area contributed by atoms with Crippen molar-refractivity contribution >= 4 is 23.5 Å². The van der Waals surface area contributed by atoms with E-state index in [1.54, 1.807) is 6.07 Å². The highest BCUT2D eigenvalue weighted by Gasteiger charge is 2.11. The number of hydrogen-bond donors (Lipinski definition) is 2. The molecule has 1 aromatic heterocycles. The molecule has 0 saturated heterocycles. The number of hydrogen-bond acceptors (Lipinski definition) is 4. The summed E-state index contributed by atoms with van der Waals surface area (Å²) in [6.45, 7) is 7.08. The molecule has 0 bridgehead atoms. The Hall–Kier alpha value is -1.23. The second-order valence-corrected chi connectivity index (χ2v) is 5.69. The van der Waals surface area contributed by atoms with Gasteiger partial charge in [0.15, 0.2) is 0 Å². The summed E-state index contributed by atoms with van der Waals surface area (Å²) >= 11 is 1.82. The van der Waals surface area contributed by atoms with Crippen molar-refractivity contribution in [3.05, 3.63) is 23.9 Å². The summed E-state index contributed by atoms with van der Waals surface area (Å²) in [5, 5.41) is 6.15. The average molecular weight is 281 g/mol. The van der Waals surface area contributed by atoms with E-state index in [2.05, 4.69) is 29.5 Å². The zero-order valence-electron chi connectivity index (χ0n) is 11.9. The lowest BCUT2D eigenvalue weighted by Gasteiger charge is -2.13. The van der Waals surface area contributed by atoms with Crippen LogP contribution in [0.4, 0.5) is 5.82 Å². The zero-order valence-corrected chi connectivity index (χ0v) is 12.7. The predicted octanol–water partition coefficient (Wildman–Crippen LogP) is 2.77. The van der Waals surface area contributed by atoms with Gasteiger partial charge >= 0.3 is 0 Å². The fourth-order valence-corrected chi connectivity index (χ4v) is 2.22. The molecule has 0 aliphatic carbocycles. The molecule has 1 heterocycles. The van der Waals surface area contributed by atoms with E-state index in [0.717, 1.165) is 30.3 Å². The number of aromatic nitrogens is 1. The molecule has 5 heteroatoms. The van der Waals surface area contributed by atoms with Crippen molar-refractivity contribution in [2.45, 2.75) is 33.2 Å². The molecule has 0 fully saturated rings. The van der Waals surface area contributed by atoms with Crippen molar-refractivity contribution in [2.75, 3.05) is 23.4 Å². The van der Waals surface area contributed by atoms with Crippen LogP contribution in [0.5, 0.6) is 0 Å². The van der Waals surface area contributed by atoms with Gasteiger partial charge in [0.1, 0.15) is 11.5 Å². The lowest BCUT2D eigenvalue weighted by atomic mass is 10.3. The summed E-state index contributed by atoms with van der Waals surface area (Å²) in [6, 6.07) is 5.63. The summed E-state index contributed by atoms with van der Waals surface area (Å²) in [4.78, 5) is 16.3. The number of nitrogens with zero attached hydrogens (tertiary/aromatic N) is 1. The van der Waals surface area contributed by atoms with Gasteiger partial charge in [-0.1, -0.05) is 19.9 Å². The molecule has 0 aliphatic heterocycles. The molecule has 0 spiro atoms. The maximum atomic E-state index is 12.0.